The van der Waals surface area contributed by atoms with E-state index in [1.54, 1.807) is 43.5 Å². The van der Waals surface area contributed by atoms with Gasteiger partial charge in [-0.25, -0.2) is 4.79 Å². The molecule has 0 amide bonds. The average Bonchev–Trinajstić information content (AvgIpc) is 2.60. The number of hydrogen-bond acceptors (Lipinski definition) is 4. The van der Waals surface area contributed by atoms with Crippen LogP contribution < -0.4 is 4.74 Å². The Hall–Kier alpha value is -2.59. The number of ketones is 1. The van der Waals surface area contributed by atoms with Gasteiger partial charge in [-0.15, -0.1) is 0 Å². The highest BCUT2D eigenvalue weighted by molar-refractivity contribution is 6.30. The Kier molecular flexibility index (Phi) is 6.15. The Bertz CT molecular complexity index is 750. The van der Waals surface area contributed by atoms with Gasteiger partial charge in [0.15, 0.2) is 6.10 Å². The Morgan fingerprint density at radius 3 is 2.42 bits per heavy atom. The molecule has 0 spiro atoms. The molecule has 0 fully saturated rings. The van der Waals surface area contributed by atoms with Gasteiger partial charge in [0.05, 0.1) is 7.11 Å². The molecule has 5 heteroatoms. The number of para-hydroxylation sites is 1. The molecule has 2 rings (SSSR count). The lowest BCUT2D eigenvalue weighted by Crippen LogP contribution is -2.23. The predicted octanol–water partition coefficient (Wildman–Crippen LogP) is 4.18. The molecule has 0 N–H and O–H groups in total. The van der Waals surface area contributed by atoms with Gasteiger partial charge >= 0.3 is 5.97 Å². The summed E-state index contributed by atoms with van der Waals surface area (Å²) in [4.78, 5) is 24.1. The molecule has 0 unspecified atom stereocenters. The van der Waals surface area contributed by atoms with Crippen molar-refractivity contribution in [2.24, 2.45) is 0 Å². The summed E-state index contributed by atoms with van der Waals surface area (Å²) < 4.78 is 10.3. The maximum Gasteiger partial charge on any atom is 0.331 e. The molecule has 24 heavy (non-hydrogen) atoms. The second-order valence-electron chi connectivity index (χ2n) is 5.03. The van der Waals surface area contributed by atoms with Crippen molar-refractivity contribution < 1.29 is 19.1 Å². The molecule has 0 heterocycles. The van der Waals surface area contributed by atoms with Gasteiger partial charge in [0, 0.05) is 22.2 Å². The van der Waals surface area contributed by atoms with Gasteiger partial charge in [0.2, 0.25) is 5.78 Å². The van der Waals surface area contributed by atoms with Crippen molar-refractivity contribution in [1.29, 1.82) is 0 Å². The molecule has 0 saturated carbocycles. The zero-order valence-electron chi connectivity index (χ0n) is 13.4. The zero-order valence-corrected chi connectivity index (χ0v) is 14.1. The van der Waals surface area contributed by atoms with Crippen LogP contribution in [0.1, 0.15) is 22.8 Å². The molecule has 0 aliphatic heterocycles. The van der Waals surface area contributed by atoms with E-state index in [9.17, 15) is 9.59 Å². The van der Waals surface area contributed by atoms with Crippen molar-refractivity contribution in [2.45, 2.75) is 13.0 Å². The third-order valence-corrected chi connectivity index (χ3v) is 3.58. The number of hydrogen-bond donors (Lipinski definition) is 0. The SMILES string of the molecule is COc1ccccc1/C=C/C(=O)O[C@@H](C)C(=O)c1ccc(Cl)cc1. The Balaban J connectivity index is 1.99. The van der Waals surface area contributed by atoms with Crippen molar-refractivity contribution in [3.63, 3.8) is 0 Å². The van der Waals surface area contributed by atoms with Gasteiger partial charge in [0.25, 0.3) is 0 Å². The number of benzene rings is 2. The van der Waals surface area contributed by atoms with Gasteiger partial charge in [-0.2, -0.15) is 0 Å². The molecular formula is C19H17ClO4. The quantitative estimate of drug-likeness (QED) is 0.448. The van der Waals surface area contributed by atoms with Crippen LogP contribution >= 0.6 is 11.6 Å². The first-order valence-electron chi connectivity index (χ1n) is 7.32. The summed E-state index contributed by atoms with van der Waals surface area (Å²) in [5.74, 6) is -0.242. The first-order chi connectivity index (χ1) is 11.5. The van der Waals surface area contributed by atoms with Crippen LogP contribution in [0.4, 0.5) is 0 Å². The maximum absolute atomic E-state index is 12.2. The van der Waals surface area contributed by atoms with E-state index in [1.807, 2.05) is 18.2 Å². The number of Topliss-reactive ketones (excluding diaryl/α,β-unsaturated/α-hetero) is 1. The van der Waals surface area contributed by atoms with E-state index in [4.69, 9.17) is 21.1 Å². The van der Waals surface area contributed by atoms with E-state index in [0.717, 1.165) is 5.56 Å². The van der Waals surface area contributed by atoms with Crippen molar-refractivity contribution in [2.75, 3.05) is 7.11 Å². The Morgan fingerprint density at radius 1 is 1.08 bits per heavy atom. The van der Waals surface area contributed by atoms with Gasteiger partial charge < -0.3 is 9.47 Å². The van der Waals surface area contributed by atoms with Gasteiger partial charge in [-0.1, -0.05) is 29.8 Å². The molecule has 1 atom stereocenters. The minimum atomic E-state index is -0.888. The van der Waals surface area contributed by atoms with Crippen LogP contribution in [0.25, 0.3) is 6.08 Å². The second kappa shape index (κ2) is 8.31. The topological polar surface area (TPSA) is 52.6 Å². The minimum Gasteiger partial charge on any atom is -0.496 e. The fraction of sp³-hybridized carbons (Fsp3) is 0.158. The van der Waals surface area contributed by atoms with E-state index in [-0.39, 0.29) is 5.78 Å². The summed E-state index contributed by atoms with van der Waals surface area (Å²) in [6.45, 7) is 1.53. The van der Waals surface area contributed by atoms with Crippen LogP contribution in [0.3, 0.4) is 0 Å². The Morgan fingerprint density at radius 2 is 1.75 bits per heavy atom. The standard InChI is InChI=1S/C19H17ClO4/c1-13(19(22)15-7-10-16(20)11-8-15)24-18(21)12-9-14-5-3-4-6-17(14)23-2/h3-13H,1-2H3/b12-9+/t13-/m0/s1. The molecule has 0 saturated heterocycles. The summed E-state index contributed by atoms with van der Waals surface area (Å²) in [5.41, 5.74) is 1.18. The van der Waals surface area contributed by atoms with Crippen molar-refractivity contribution in [1.82, 2.24) is 0 Å². The van der Waals surface area contributed by atoms with E-state index < -0.39 is 12.1 Å². The molecule has 124 valence electrons. The monoisotopic (exact) mass is 344 g/mol. The van der Waals surface area contributed by atoms with E-state index >= 15 is 0 Å². The van der Waals surface area contributed by atoms with Crippen molar-refractivity contribution in [3.8, 4) is 5.75 Å². The molecule has 4 nitrogen and oxygen atoms in total. The average molecular weight is 345 g/mol. The van der Waals surface area contributed by atoms with Crippen LogP contribution in [0.15, 0.2) is 54.6 Å². The van der Waals surface area contributed by atoms with Crippen molar-refractivity contribution in [3.05, 3.63) is 70.8 Å². The number of carbonyl (C=O) groups is 2. The molecule has 0 aliphatic rings. The van der Waals surface area contributed by atoms with Crippen molar-refractivity contribution >= 4 is 29.4 Å². The van der Waals surface area contributed by atoms with E-state index in [0.29, 0.717) is 16.3 Å². The van der Waals surface area contributed by atoms with Crippen LogP contribution in [0.5, 0.6) is 5.75 Å². The highest BCUT2D eigenvalue weighted by atomic mass is 35.5. The molecule has 0 aromatic heterocycles. The lowest BCUT2D eigenvalue weighted by molar-refractivity contribution is -0.140. The van der Waals surface area contributed by atoms with Crippen LogP contribution in [-0.2, 0) is 9.53 Å². The van der Waals surface area contributed by atoms with E-state index in [2.05, 4.69) is 0 Å². The molecule has 0 radical (unpaired) electrons. The molecule has 0 aliphatic carbocycles. The summed E-state index contributed by atoms with van der Waals surface area (Å²) in [7, 11) is 1.55. The number of ether oxygens (including phenoxy) is 2. The first kappa shape index (κ1) is 17.8. The Labute approximate surface area is 145 Å². The maximum atomic E-state index is 12.2. The number of rotatable bonds is 6. The van der Waals surface area contributed by atoms with Crippen LogP contribution in [0, 0.1) is 0 Å². The van der Waals surface area contributed by atoms with Crippen LogP contribution in [0.2, 0.25) is 5.02 Å². The van der Waals surface area contributed by atoms with E-state index in [1.165, 1.54) is 13.0 Å². The number of esters is 1. The molecule has 0 bridgehead atoms. The molecular weight excluding hydrogens is 328 g/mol. The van der Waals surface area contributed by atoms with Gasteiger partial charge in [-0.3, -0.25) is 4.79 Å². The lowest BCUT2D eigenvalue weighted by atomic mass is 10.1. The highest BCUT2D eigenvalue weighted by Gasteiger charge is 2.18. The van der Waals surface area contributed by atoms with Gasteiger partial charge in [0.1, 0.15) is 5.75 Å². The smallest absolute Gasteiger partial charge is 0.331 e. The first-order valence-corrected chi connectivity index (χ1v) is 7.70. The second-order valence-corrected chi connectivity index (χ2v) is 5.46. The third-order valence-electron chi connectivity index (χ3n) is 3.33. The lowest BCUT2D eigenvalue weighted by Gasteiger charge is -2.11. The summed E-state index contributed by atoms with van der Waals surface area (Å²) in [6.07, 6.45) is 1.96. The number of carbonyl (C=O) groups excluding carboxylic acids is 2. The number of halogens is 1. The fourth-order valence-electron chi connectivity index (χ4n) is 2.08. The fourth-order valence-corrected chi connectivity index (χ4v) is 2.20. The summed E-state index contributed by atoms with van der Waals surface area (Å²) in [6, 6.07) is 13.7. The normalized spacial score (nSPS) is 12.0. The molecule has 2 aromatic rings. The van der Waals surface area contributed by atoms with Crippen LogP contribution in [-0.4, -0.2) is 25.0 Å². The summed E-state index contributed by atoms with van der Waals surface area (Å²) >= 11 is 5.79. The largest absolute Gasteiger partial charge is 0.496 e. The minimum absolute atomic E-state index is 0.286. The van der Waals surface area contributed by atoms with Gasteiger partial charge in [-0.05, 0) is 43.3 Å². The number of methoxy groups -OCH3 is 1. The summed E-state index contributed by atoms with van der Waals surface area (Å²) in [5, 5.41) is 0.538. The zero-order chi connectivity index (χ0) is 17.5. The predicted molar refractivity (Wildman–Crippen MR) is 93.4 cm³/mol. The third kappa shape index (κ3) is 4.70. The molecule has 2 aromatic carbocycles. The highest BCUT2D eigenvalue weighted by Crippen LogP contribution is 2.19.